The van der Waals surface area contributed by atoms with Crippen molar-refractivity contribution in [2.45, 2.75) is 45.1 Å². The second kappa shape index (κ2) is 6.68. The lowest BCUT2D eigenvalue weighted by Gasteiger charge is -2.36. The summed E-state index contributed by atoms with van der Waals surface area (Å²) in [6.07, 6.45) is 5.20. The first-order valence-electron chi connectivity index (χ1n) is 9.08. The predicted molar refractivity (Wildman–Crippen MR) is 99.7 cm³/mol. The third-order valence-electron chi connectivity index (χ3n) is 5.72. The first-order valence-corrected chi connectivity index (χ1v) is 9.90. The van der Waals surface area contributed by atoms with Gasteiger partial charge in [0.25, 0.3) is 5.91 Å². The number of hydrogen-bond donors (Lipinski definition) is 0. The molecule has 25 heavy (non-hydrogen) atoms. The van der Waals surface area contributed by atoms with Crippen molar-refractivity contribution in [3.05, 3.63) is 10.5 Å². The molecule has 1 saturated heterocycles. The summed E-state index contributed by atoms with van der Waals surface area (Å²) in [6, 6.07) is 0.317. The van der Waals surface area contributed by atoms with E-state index in [1.54, 1.807) is 18.7 Å². The highest BCUT2D eigenvalue weighted by atomic mass is 32.2. The number of hydrogen-bond acceptors (Lipinski definition) is 5. The van der Waals surface area contributed by atoms with Crippen molar-refractivity contribution in [1.82, 2.24) is 9.80 Å². The molecule has 3 heterocycles. The fourth-order valence-electron chi connectivity index (χ4n) is 4.17. The number of amidine groups is 1. The highest BCUT2D eigenvalue weighted by molar-refractivity contribution is 8.17. The molecule has 6 nitrogen and oxygen atoms in total. The first-order chi connectivity index (χ1) is 12.0. The van der Waals surface area contributed by atoms with Gasteiger partial charge < -0.3 is 4.90 Å². The smallest absolute Gasteiger partial charge is 0.261 e. The van der Waals surface area contributed by atoms with E-state index in [0.29, 0.717) is 18.4 Å². The average molecular weight is 360 g/mol. The Morgan fingerprint density at radius 1 is 1.28 bits per heavy atom. The number of fused-ring (bicyclic) bond motifs is 2. The standard InChI is InChI=1S/C18H24N4O2S/c1-11(23)21(2)12-6-8-22(9-7-12)10-15-19-17(24)16-13-4-3-5-14(13)25-18(16)20-15/h12,16H,3-10H2,1-2H3. The molecule has 2 amide bonds. The maximum Gasteiger partial charge on any atom is 0.261 e. The Labute approximate surface area is 152 Å². The maximum atomic E-state index is 12.5. The van der Waals surface area contributed by atoms with E-state index in [-0.39, 0.29) is 17.7 Å². The lowest BCUT2D eigenvalue weighted by Crippen LogP contribution is -2.46. The fourth-order valence-corrected chi connectivity index (χ4v) is 5.54. The molecule has 1 fully saturated rings. The van der Waals surface area contributed by atoms with Gasteiger partial charge in [0.15, 0.2) is 0 Å². The summed E-state index contributed by atoms with van der Waals surface area (Å²) in [4.78, 5) is 38.5. The molecule has 0 aromatic heterocycles. The van der Waals surface area contributed by atoms with Gasteiger partial charge in [-0.25, -0.2) is 4.99 Å². The van der Waals surface area contributed by atoms with Crippen molar-refractivity contribution < 1.29 is 9.59 Å². The number of carbonyl (C=O) groups excluding carboxylic acids is 2. The highest BCUT2D eigenvalue weighted by Gasteiger charge is 2.41. The molecular weight excluding hydrogens is 336 g/mol. The molecule has 1 aliphatic carbocycles. The zero-order valence-electron chi connectivity index (χ0n) is 14.8. The van der Waals surface area contributed by atoms with E-state index in [4.69, 9.17) is 4.99 Å². The predicted octanol–water partition coefficient (Wildman–Crippen LogP) is 2.07. The second-order valence-corrected chi connectivity index (χ2v) is 8.41. The Kier molecular flexibility index (Phi) is 4.54. The molecule has 4 rings (SSSR count). The summed E-state index contributed by atoms with van der Waals surface area (Å²) in [5.41, 5.74) is 1.28. The molecule has 0 bridgehead atoms. The Balaban J connectivity index is 1.37. The molecule has 1 unspecified atom stereocenters. The second-order valence-electron chi connectivity index (χ2n) is 7.29. The number of allylic oxidation sites excluding steroid dienone is 1. The number of amides is 2. The molecular formula is C18H24N4O2S. The lowest BCUT2D eigenvalue weighted by molar-refractivity contribution is -0.130. The molecule has 0 aromatic carbocycles. The molecule has 0 N–H and O–H groups in total. The molecule has 0 radical (unpaired) electrons. The third kappa shape index (κ3) is 3.19. The Bertz CT molecular complexity index is 704. The van der Waals surface area contributed by atoms with Gasteiger partial charge in [-0.1, -0.05) is 11.8 Å². The third-order valence-corrected chi connectivity index (χ3v) is 6.97. The Hall–Kier alpha value is -1.47. The fraction of sp³-hybridized carbons (Fsp3) is 0.667. The highest BCUT2D eigenvalue weighted by Crippen LogP contribution is 2.48. The minimum absolute atomic E-state index is 0.0226. The largest absolute Gasteiger partial charge is 0.343 e. The van der Waals surface area contributed by atoms with Crippen molar-refractivity contribution in [3.8, 4) is 0 Å². The lowest BCUT2D eigenvalue weighted by atomic mass is 9.98. The van der Waals surface area contributed by atoms with Crippen LogP contribution in [0.25, 0.3) is 0 Å². The first kappa shape index (κ1) is 17.0. The van der Waals surface area contributed by atoms with Crippen LogP contribution in [0.3, 0.4) is 0 Å². The minimum Gasteiger partial charge on any atom is -0.343 e. The zero-order chi connectivity index (χ0) is 17.6. The summed E-state index contributed by atoms with van der Waals surface area (Å²) < 4.78 is 0. The van der Waals surface area contributed by atoms with Gasteiger partial charge in [0, 0.05) is 33.1 Å². The number of aliphatic imine (C=N–C) groups is 2. The van der Waals surface area contributed by atoms with E-state index in [2.05, 4.69) is 9.89 Å². The number of thioether (sulfide) groups is 1. The van der Waals surface area contributed by atoms with Crippen LogP contribution < -0.4 is 0 Å². The van der Waals surface area contributed by atoms with Crippen LogP contribution in [-0.4, -0.2) is 65.2 Å². The van der Waals surface area contributed by atoms with Crippen LogP contribution >= 0.6 is 11.8 Å². The Morgan fingerprint density at radius 2 is 2.04 bits per heavy atom. The van der Waals surface area contributed by atoms with Gasteiger partial charge in [0.05, 0.1) is 11.6 Å². The van der Waals surface area contributed by atoms with Crippen LogP contribution in [0.15, 0.2) is 20.5 Å². The summed E-state index contributed by atoms with van der Waals surface area (Å²) >= 11 is 1.71. The Morgan fingerprint density at radius 3 is 2.76 bits per heavy atom. The van der Waals surface area contributed by atoms with Crippen molar-refractivity contribution in [1.29, 1.82) is 0 Å². The van der Waals surface area contributed by atoms with Gasteiger partial charge >= 0.3 is 0 Å². The van der Waals surface area contributed by atoms with Crippen LogP contribution in [-0.2, 0) is 9.59 Å². The topological polar surface area (TPSA) is 65.3 Å². The normalized spacial score (nSPS) is 27.1. The van der Waals surface area contributed by atoms with E-state index < -0.39 is 0 Å². The molecule has 7 heteroatoms. The minimum atomic E-state index is -0.166. The molecule has 4 aliphatic rings. The summed E-state index contributed by atoms with van der Waals surface area (Å²) in [5, 5.41) is 0.950. The summed E-state index contributed by atoms with van der Waals surface area (Å²) in [5.74, 6) is 0.590. The van der Waals surface area contributed by atoms with Gasteiger partial charge in [-0.15, -0.1) is 0 Å². The van der Waals surface area contributed by atoms with Crippen LogP contribution in [0.5, 0.6) is 0 Å². The van der Waals surface area contributed by atoms with Gasteiger partial charge in [-0.2, -0.15) is 4.99 Å². The number of rotatable bonds is 3. The molecule has 0 aromatic rings. The van der Waals surface area contributed by atoms with Crippen molar-refractivity contribution in [2.24, 2.45) is 15.9 Å². The van der Waals surface area contributed by atoms with Gasteiger partial charge in [-0.05, 0) is 42.6 Å². The number of piperidine rings is 1. The molecule has 3 aliphatic heterocycles. The van der Waals surface area contributed by atoms with E-state index >= 15 is 0 Å². The molecule has 0 spiro atoms. The average Bonchev–Trinajstić information content (AvgIpc) is 3.15. The quantitative estimate of drug-likeness (QED) is 0.773. The SMILES string of the molecule is CC(=O)N(C)C1CCN(CC2=NC(=O)C3C(=N2)SC2=C3CCC2)CC1. The van der Waals surface area contributed by atoms with Crippen molar-refractivity contribution in [2.75, 3.05) is 26.7 Å². The van der Waals surface area contributed by atoms with Gasteiger partial charge in [0.2, 0.25) is 5.91 Å². The van der Waals surface area contributed by atoms with Crippen molar-refractivity contribution >= 4 is 34.5 Å². The van der Waals surface area contributed by atoms with E-state index in [9.17, 15) is 9.59 Å². The summed E-state index contributed by atoms with van der Waals surface area (Å²) in [6.45, 7) is 4.06. The van der Waals surface area contributed by atoms with Gasteiger partial charge in [0.1, 0.15) is 11.8 Å². The summed E-state index contributed by atoms with van der Waals surface area (Å²) in [7, 11) is 1.88. The van der Waals surface area contributed by atoms with E-state index in [1.165, 1.54) is 10.5 Å². The zero-order valence-corrected chi connectivity index (χ0v) is 15.6. The number of likely N-dealkylation sites (tertiary alicyclic amines) is 1. The molecule has 1 atom stereocenters. The van der Waals surface area contributed by atoms with Crippen LogP contribution in [0.1, 0.15) is 39.0 Å². The maximum absolute atomic E-state index is 12.5. The molecule has 134 valence electrons. The van der Waals surface area contributed by atoms with Crippen LogP contribution in [0.2, 0.25) is 0 Å². The van der Waals surface area contributed by atoms with E-state index in [0.717, 1.165) is 50.2 Å². The van der Waals surface area contributed by atoms with Crippen LogP contribution in [0.4, 0.5) is 0 Å². The van der Waals surface area contributed by atoms with Crippen molar-refractivity contribution in [3.63, 3.8) is 0 Å². The van der Waals surface area contributed by atoms with E-state index in [1.807, 2.05) is 11.9 Å². The van der Waals surface area contributed by atoms with Gasteiger partial charge in [-0.3, -0.25) is 14.5 Å². The molecule has 0 saturated carbocycles. The monoisotopic (exact) mass is 360 g/mol. The van der Waals surface area contributed by atoms with Crippen LogP contribution in [0, 0.1) is 5.92 Å². The number of carbonyl (C=O) groups is 2. The number of nitrogens with zero attached hydrogens (tertiary/aromatic N) is 4.